The van der Waals surface area contributed by atoms with E-state index in [2.05, 4.69) is 36.6 Å². The average Bonchev–Trinajstić information content (AvgIpc) is 3.10. The van der Waals surface area contributed by atoms with Crippen molar-refractivity contribution < 1.29 is 9.59 Å². The van der Waals surface area contributed by atoms with Crippen molar-refractivity contribution in [2.24, 2.45) is 0 Å². The van der Waals surface area contributed by atoms with Gasteiger partial charge in [-0.25, -0.2) is 9.67 Å². The minimum Gasteiger partial charge on any atom is -0.326 e. The second kappa shape index (κ2) is 7.92. The van der Waals surface area contributed by atoms with Gasteiger partial charge in [0.1, 0.15) is 12.7 Å². The molecule has 2 N–H and O–H groups in total. The van der Waals surface area contributed by atoms with Gasteiger partial charge in [-0.05, 0) is 35.9 Å². The molecule has 0 bridgehead atoms. The van der Waals surface area contributed by atoms with Crippen molar-refractivity contribution in [3.8, 4) is 5.69 Å². The highest BCUT2D eigenvalue weighted by molar-refractivity contribution is 9.10. The molecule has 3 rings (SSSR count). The Morgan fingerprint density at radius 1 is 1.12 bits per heavy atom. The fraction of sp³-hybridized carbons (Fsp3) is 0.111. The van der Waals surface area contributed by atoms with E-state index in [4.69, 9.17) is 0 Å². The van der Waals surface area contributed by atoms with Crippen LogP contribution in [0.3, 0.4) is 0 Å². The molecule has 2 amide bonds. The summed E-state index contributed by atoms with van der Waals surface area (Å²) in [6.45, 7) is 1.45. The molecule has 0 aliphatic rings. The number of carbonyl (C=O) groups excluding carboxylic acids is 2. The average molecular weight is 414 g/mol. The van der Waals surface area contributed by atoms with Crippen molar-refractivity contribution in [1.82, 2.24) is 14.8 Å². The van der Waals surface area contributed by atoms with Gasteiger partial charge in [0.15, 0.2) is 0 Å². The van der Waals surface area contributed by atoms with Crippen molar-refractivity contribution in [2.75, 3.05) is 10.6 Å². The van der Waals surface area contributed by atoms with Crippen LogP contribution in [0.1, 0.15) is 12.5 Å². The number of hydrogen-bond donors (Lipinski definition) is 2. The molecule has 0 spiro atoms. The zero-order valence-corrected chi connectivity index (χ0v) is 15.5. The van der Waals surface area contributed by atoms with Gasteiger partial charge < -0.3 is 10.6 Å². The van der Waals surface area contributed by atoms with Crippen LogP contribution in [-0.2, 0) is 16.0 Å². The van der Waals surface area contributed by atoms with Crippen LogP contribution in [-0.4, -0.2) is 26.6 Å². The number of rotatable bonds is 5. The molecule has 0 unspecified atom stereocenters. The quantitative estimate of drug-likeness (QED) is 0.671. The number of nitrogens with one attached hydrogen (secondary N) is 2. The van der Waals surface area contributed by atoms with Crippen molar-refractivity contribution in [2.45, 2.75) is 13.3 Å². The van der Waals surface area contributed by atoms with Crippen LogP contribution in [0.25, 0.3) is 5.69 Å². The predicted octanol–water partition coefficient (Wildman–Crippen LogP) is 3.17. The molecule has 0 saturated heterocycles. The summed E-state index contributed by atoms with van der Waals surface area (Å²) in [5.41, 5.74) is 2.89. The Morgan fingerprint density at radius 3 is 2.54 bits per heavy atom. The van der Waals surface area contributed by atoms with Gasteiger partial charge in [-0.15, -0.1) is 0 Å². The fourth-order valence-electron chi connectivity index (χ4n) is 2.43. The first-order valence-electron chi connectivity index (χ1n) is 7.82. The minimum atomic E-state index is -0.156. The van der Waals surface area contributed by atoms with Gasteiger partial charge in [0.05, 0.1) is 17.8 Å². The molecule has 0 radical (unpaired) electrons. The summed E-state index contributed by atoms with van der Waals surface area (Å²) in [7, 11) is 0. The highest BCUT2D eigenvalue weighted by Crippen LogP contribution is 2.24. The van der Waals surface area contributed by atoms with E-state index in [1.165, 1.54) is 13.3 Å². The number of hydrogen-bond acceptors (Lipinski definition) is 4. The normalized spacial score (nSPS) is 10.4. The molecule has 1 heterocycles. The fourth-order valence-corrected chi connectivity index (χ4v) is 2.79. The number of amides is 2. The van der Waals surface area contributed by atoms with E-state index >= 15 is 0 Å². The Kier molecular flexibility index (Phi) is 5.43. The summed E-state index contributed by atoms with van der Waals surface area (Å²) in [6.07, 6.45) is 3.22. The van der Waals surface area contributed by atoms with Crippen molar-refractivity contribution >= 4 is 39.1 Å². The van der Waals surface area contributed by atoms with E-state index in [1.807, 2.05) is 30.3 Å². The third kappa shape index (κ3) is 4.54. The van der Waals surface area contributed by atoms with E-state index in [1.54, 1.807) is 23.1 Å². The maximum atomic E-state index is 12.4. The van der Waals surface area contributed by atoms with Gasteiger partial charge in [-0.2, -0.15) is 5.10 Å². The van der Waals surface area contributed by atoms with Crippen LogP contribution in [0, 0.1) is 0 Å². The molecule has 7 nitrogen and oxygen atoms in total. The lowest BCUT2D eigenvalue weighted by atomic mass is 10.1. The zero-order chi connectivity index (χ0) is 18.5. The molecule has 132 valence electrons. The summed E-state index contributed by atoms with van der Waals surface area (Å²) in [5.74, 6) is -0.289. The number of carbonyl (C=O) groups is 2. The molecule has 0 fully saturated rings. The number of aromatic nitrogens is 3. The maximum absolute atomic E-state index is 12.4. The van der Waals surface area contributed by atoms with Crippen LogP contribution in [0.4, 0.5) is 11.4 Å². The largest absolute Gasteiger partial charge is 0.326 e. The first kappa shape index (κ1) is 17.8. The molecule has 3 aromatic rings. The second-order valence-corrected chi connectivity index (χ2v) is 6.52. The smallest absolute Gasteiger partial charge is 0.228 e. The van der Waals surface area contributed by atoms with Crippen LogP contribution < -0.4 is 10.6 Å². The number of halogens is 1. The molecule has 0 saturated carbocycles. The summed E-state index contributed by atoms with van der Waals surface area (Å²) in [4.78, 5) is 27.4. The van der Waals surface area contributed by atoms with Gasteiger partial charge in [-0.1, -0.05) is 28.1 Å². The van der Waals surface area contributed by atoms with Crippen molar-refractivity contribution in [1.29, 1.82) is 0 Å². The van der Waals surface area contributed by atoms with E-state index in [9.17, 15) is 9.59 Å². The zero-order valence-electron chi connectivity index (χ0n) is 13.9. The molecule has 26 heavy (non-hydrogen) atoms. The molecule has 8 heteroatoms. The third-order valence-corrected chi connectivity index (χ3v) is 4.03. The molecule has 2 aromatic carbocycles. The van der Waals surface area contributed by atoms with E-state index in [0.717, 1.165) is 15.7 Å². The summed E-state index contributed by atoms with van der Waals surface area (Å²) in [6, 6.07) is 12.7. The first-order chi connectivity index (χ1) is 12.5. The molecule has 0 aliphatic carbocycles. The van der Waals surface area contributed by atoms with Gasteiger partial charge in [-0.3, -0.25) is 9.59 Å². The number of benzene rings is 2. The van der Waals surface area contributed by atoms with Crippen LogP contribution in [0.5, 0.6) is 0 Å². The van der Waals surface area contributed by atoms with Crippen LogP contribution >= 0.6 is 15.9 Å². The van der Waals surface area contributed by atoms with Gasteiger partial charge >= 0.3 is 0 Å². The first-order valence-corrected chi connectivity index (χ1v) is 8.61. The molecule has 0 aliphatic heterocycles. The Morgan fingerprint density at radius 2 is 1.88 bits per heavy atom. The minimum absolute atomic E-state index is 0.134. The SMILES string of the molecule is CC(=O)Nc1ccc(CC(=O)Nc2cc(Br)ccc2-n2cncn2)cc1. The van der Waals surface area contributed by atoms with Gasteiger partial charge in [0, 0.05) is 17.1 Å². The second-order valence-electron chi connectivity index (χ2n) is 5.60. The van der Waals surface area contributed by atoms with E-state index < -0.39 is 0 Å². The van der Waals surface area contributed by atoms with E-state index in [0.29, 0.717) is 11.4 Å². The topological polar surface area (TPSA) is 88.9 Å². The molecular weight excluding hydrogens is 398 g/mol. The number of nitrogens with zero attached hydrogens (tertiary/aromatic N) is 3. The predicted molar refractivity (Wildman–Crippen MR) is 102 cm³/mol. The Labute approximate surface area is 158 Å². The van der Waals surface area contributed by atoms with Crippen molar-refractivity contribution in [3.63, 3.8) is 0 Å². The van der Waals surface area contributed by atoms with Crippen LogP contribution in [0.2, 0.25) is 0 Å². The van der Waals surface area contributed by atoms with Crippen molar-refractivity contribution in [3.05, 3.63) is 65.2 Å². The Bertz CT molecular complexity index is 923. The molecule has 0 atom stereocenters. The summed E-state index contributed by atoms with van der Waals surface area (Å²) in [5, 5.41) is 9.71. The molecular formula is C18H16BrN5O2. The third-order valence-electron chi connectivity index (χ3n) is 3.54. The Hall–Kier alpha value is -3.00. The van der Waals surface area contributed by atoms with E-state index in [-0.39, 0.29) is 18.2 Å². The lowest BCUT2D eigenvalue weighted by Crippen LogP contribution is -2.16. The highest BCUT2D eigenvalue weighted by atomic mass is 79.9. The summed E-state index contributed by atoms with van der Waals surface area (Å²) < 4.78 is 2.43. The standard InChI is InChI=1S/C18H16BrN5O2/c1-12(25)22-15-5-2-13(3-6-15)8-18(26)23-16-9-14(19)4-7-17(16)24-11-20-10-21-24/h2-7,9-11H,8H2,1H3,(H,22,25)(H,23,26). The lowest BCUT2D eigenvalue weighted by Gasteiger charge is -2.12. The lowest BCUT2D eigenvalue weighted by molar-refractivity contribution is -0.116. The van der Waals surface area contributed by atoms with Gasteiger partial charge in [0.2, 0.25) is 11.8 Å². The van der Waals surface area contributed by atoms with Gasteiger partial charge in [0.25, 0.3) is 0 Å². The number of anilines is 2. The highest BCUT2D eigenvalue weighted by Gasteiger charge is 2.11. The Balaban J connectivity index is 1.72. The molecule has 1 aromatic heterocycles. The monoisotopic (exact) mass is 413 g/mol. The van der Waals surface area contributed by atoms with Crippen LogP contribution in [0.15, 0.2) is 59.6 Å². The maximum Gasteiger partial charge on any atom is 0.228 e. The summed E-state index contributed by atoms with van der Waals surface area (Å²) >= 11 is 3.41.